The normalized spacial score (nSPS) is 12.3. The van der Waals surface area contributed by atoms with Crippen LogP contribution in [-0.2, 0) is 4.79 Å². The Kier molecular flexibility index (Phi) is 5.77. The highest BCUT2D eigenvalue weighted by molar-refractivity contribution is 9.10. The number of hydrogen-bond acceptors (Lipinski definition) is 3. The van der Waals surface area contributed by atoms with Crippen LogP contribution in [0.5, 0.6) is 0 Å². The summed E-state index contributed by atoms with van der Waals surface area (Å²) >= 11 is 3.41. The summed E-state index contributed by atoms with van der Waals surface area (Å²) in [6.07, 6.45) is 1.74. The predicted octanol–water partition coefficient (Wildman–Crippen LogP) is 4.38. The summed E-state index contributed by atoms with van der Waals surface area (Å²) in [7, 11) is 1.78. The molecule has 6 heteroatoms. The Morgan fingerprint density at radius 2 is 1.96 bits per heavy atom. The number of carbonyl (C=O) groups is 2. The van der Waals surface area contributed by atoms with Crippen LogP contribution in [0.2, 0.25) is 0 Å². The Morgan fingerprint density at radius 3 is 2.70 bits per heavy atom. The Balaban J connectivity index is 1.67. The molecule has 1 heterocycles. The molecular formula is C21H22BrN3O2. The number of halogens is 1. The third-order valence-corrected chi connectivity index (χ3v) is 5.24. The predicted molar refractivity (Wildman–Crippen MR) is 112 cm³/mol. The lowest BCUT2D eigenvalue weighted by Crippen LogP contribution is -2.40. The summed E-state index contributed by atoms with van der Waals surface area (Å²) in [5.74, 6) is -0.163. The van der Waals surface area contributed by atoms with E-state index in [1.165, 1.54) is 0 Å². The van der Waals surface area contributed by atoms with Crippen LogP contribution in [0.3, 0.4) is 0 Å². The second-order valence-electron chi connectivity index (χ2n) is 6.71. The first kappa shape index (κ1) is 19.3. The number of rotatable bonds is 6. The molecule has 3 aromatic rings. The van der Waals surface area contributed by atoms with E-state index >= 15 is 0 Å². The van der Waals surface area contributed by atoms with Crippen molar-refractivity contribution in [3.63, 3.8) is 0 Å². The molecular weight excluding hydrogens is 406 g/mol. The average Bonchev–Trinajstić information content (AvgIpc) is 3.07. The zero-order valence-electron chi connectivity index (χ0n) is 15.5. The zero-order chi connectivity index (χ0) is 19.6. The highest BCUT2D eigenvalue weighted by Gasteiger charge is 2.23. The van der Waals surface area contributed by atoms with Crippen LogP contribution in [0.4, 0.5) is 5.69 Å². The number of benzene rings is 2. The van der Waals surface area contributed by atoms with Crippen molar-refractivity contribution in [2.75, 3.05) is 18.9 Å². The van der Waals surface area contributed by atoms with E-state index in [2.05, 4.69) is 26.2 Å². The Morgan fingerprint density at radius 1 is 1.22 bits per heavy atom. The lowest BCUT2D eigenvalue weighted by atomic mass is 10.0. The third-order valence-electron chi connectivity index (χ3n) is 4.75. The zero-order valence-corrected chi connectivity index (χ0v) is 17.1. The van der Waals surface area contributed by atoms with Crippen LogP contribution in [0, 0.1) is 6.92 Å². The Labute approximate surface area is 166 Å². The van der Waals surface area contributed by atoms with Gasteiger partial charge in [0, 0.05) is 32.8 Å². The van der Waals surface area contributed by atoms with E-state index in [0.29, 0.717) is 5.56 Å². The van der Waals surface area contributed by atoms with Crippen molar-refractivity contribution >= 4 is 44.2 Å². The summed E-state index contributed by atoms with van der Waals surface area (Å²) in [4.78, 5) is 30.2. The molecule has 0 saturated heterocycles. The van der Waals surface area contributed by atoms with Crippen LogP contribution in [0.15, 0.2) is 53.1 Å². The first-order valence-corrected chi connectivity index (χ1v) is 9.52. The number of ketones is 1. The maximum Gasteiger partial charge on any atom is 0.238 e. The van der Waals surface area contributed by atoms with Crippen molar-refractivity contribution in [3.05, 3.63) is 64.3 Å². The van der Waals surface area contributed by atoms with Crippen molar-refractivity contribution in [2.45, 2.75) is 19.9 Å². The van der Waals surface area contributed by atoms with E-state index in [0.717, 1.165) is 26.6 Å². The minimum Gasteiger partial charge on any atom is -0.360 e. The van der Waals surface area contributed by atoms with Gasteiger partial charge in [0.2, 0.25) is 5.91 Å². The average molecular weight is 428 g/mol. The number of Topliss-reactive ketones (excluding diaryl/α,β-unsaturated/α-hetero) is 1. The van der Waals surface area contributed by atoms with E-state index < -0.39 is 6.04 Å². The fraction of sp³-hybridized carbons (Fsp3) is 0.238. The number of aromatic nitrogens is 1. The highest BCUT2D eigenvalue weighted by Crippen LogP contribution is 2.21. The molecule has 3 rings (SSSR count). The molecule has 2 aromatic carbocycles. The number of para-hydroxylation sites is 1. The Hall–Kier alpha value is -2.44. The number of carbonyl (C=O) groups excluding carboxylic acids is 2. The number of anilines is 1. The van der Waals surface area contributed by atoms with Gasteiger partial charge in [0.15, 0.2) is 5.78 Å². The first-order valence-electron chi connectivity index (χ1n) is 8.73. The molecule has 1 unspecified atom stereocenters. The van der Waals surface area contributed by atoms with Crippen molar-refractivity contribution in [1.82, 2.24) is 9.88 Å². The van der Waals surface area contributed by atoms with Crippen molar-refractivity contribution in [3.8, 4) is 0 Å². The topological polar surface area (TPSA) is 65.2 Å². The fourth-order valence-corrected chi connectivity index (χ4v) is 3.50. The van der Waals surface area contributed by atoms with Gasteiger partial charge in [-0.15, -0.1) is 0 Å². The van der Waals surface area contributed by atoms with E-state index in [4.69, 9.17) is 0 Å². The molecule has 0 aliphatic rings. The number of aryl methyl sites for hydroxylation is 1. The van der Waals surface area contributed by atoms with E-state index in [-0.39, 0.29) is 18.2 Å². The fourth-order valence-electron chi connectivity index (χ4n) is 3.02. The van der Waals surface area contributed by atoms with E-state index in [9.17, 15) is 9.59 Å². The van der Waals surface area contributed by atoms with Crippen LogP contribution in [0.1, 0.15) is 22.8 Å². The van der Waals surface area contributed by atoms with Crippen LogP contribution in [0.25, 0.3) is 10.9 Å². The summed E-state index contributed by atoms with van der Waals surface area (Å²) in [6, 6.07) is 13.0. The van der Waals surface area contributed by atoms with Crippen molar-refractivity contribution < 1.29 is 9.59 Å². The van der Waals surface area contributed by atoms with Crippen LogP contribution >= 0.6 is 15.9 Å². The van der Waals surface area contributed by atoms with Crippen molar-refractivity contribution in [1.29, 1.82) is 0 Å². The molecule has 140 valence electrons. The number of H-pyrrole nitrogens is 1. The van der Waals surface area contributed by atoms with Crippen LogP contribution in [-0.4, -0.2) is 41.2 Å². The van der Waals surface area contributed by atoms with Gasteiger partial charge < -0.3 is 10.3 Å². The molecule has 5 nitrogen and oxygen atoms in total. The molecule has 0 aliphatic heterocycles. The summed E-state index contributed by atoms with van der Waals surface area (Å²) in [5, 5.41) is 3.81. The quantitative estimate of drug-likeness (QED) is 0.573. The molecule has 1 atom stereocenters. The number of nitrogens with zero attached hydrogens (tertiary/aromatic N) is 1. The molecule has 2 N–H and O–H groups in total. The molecule has 0 bridgehead atoms. The lowest BCUT2D eigenvalue weighted by Gasteiger charge is -2.23. The summed E-state index contributed by atoms with van der Waals surface area (Å²) in [6.45, 7) is 3.89. The molecule has 0 radical (unpaired) electrons. The van der Waals surface area contributed by atoms with Gasteiger partial charge in [-0.3, -0.25) is 14.5 Å². The minimum atomic E-state index is -0.416. The lowest BCUT2D eigenvalue weighted by molar-refractivity contribution is -0.117. The maximum atomic E-state index is 12.9. The van der Waals surface area contributed by atoms with Gasteiger partial charge in [0.1, 0.15) is 0 Å². The van der Waals surface area contributed by atoms with Crippen molar-refractivity contribution in [2.24, 2.45) is 0 Å². The monoisotopic (exact) mass is 427 g/mol. The highest BCUT2D eigenvalue weighted by atomic mass is 79.9. The number of likely N-dealkylation sites (N-methyl/N-ethyl adjacent to an activating group) is 1. The van der Waals surface area contributed by atoms with Gasteiger partial charge in [0.25, 0.3) is 0 Å². The molecule has 1 aromatic heterocycles. The maximum absolute atomic E-state index is 12.9. The number of amides is 1. The molecule has 27 heavy (non-hydrogen) atoms. The number of hydrogen-bond donors (Lipinski definition) is 2. The van der Waals surface area contributed by atoms with Gasteiger partial charge in [-0.1, -0.05) is 34.1 Å². The van der Waals surface area contributed by atoms with E-state index in [1.54, 1.807) is 18.1 Å². The molecule has 0 spiro atoms. The minimum absolute atomic E-state index is 0.0115. The third kappa shape index (κ3) is 4.28. The smallest absolute Gasteiger partial charge is 0.238 e. The van der Waals surface area contributed by atoms with E-state index in [1.807, 2.05) is 56.3 Å². The molecule has 0 saturated carbocycles. The number of fused-ring (bicyclic) bond motifs is 1. The standard InChI is InChI=1S/C21H22BrN3O2/c1-13-10-15(22)8-9-18(13)24-20(26)12-25(3)14(2)21(27)17-11-23-19-7-5-4-6-16(17)19/h4-11,14,23H,12H2,1-3H3,(H,24,26). The second-order valence-corrected chi connectivity index (χ2v) is 7.63. The van der Waals surface area contributed by atoms with Gasteiger partial charge in [0.05, 0.1) is 12.6 Å². The summed E-state index contributed by atoms with van der Waals surface area (Å²) in [5.41, 5.74) is 3.32. The van der Waals surface area contributed by atoms with Gasteiger partial charge in [-0.25, -0.2) is 0 Å². The number of nitrogens with one attached hydrogen (secondary N) is 2. The second kappa shape index (κ2) is 8.06. The van der Waals surface area contributed by atoms with Gasteiger partial charge >= 0.3 is 0 Å². The van der Waals surface area contributed by atoms with Crippen LogP contribution < -0.4 is 5.32 Å². The summed E-state index contributed by atoms with van der Waals surface area (Å²) < 4.78 is 0.966. The molecule has 1 amide bonds. The first-order chi connectivity index (χ1) is 12.9. The molecule has 0 fully saturated rings. The number of aromatic amines is 1. The largest absolute Gasteiger partial charge is 0.360 e. The molecule has 0 aliphatic carbocycles. The van der Waals surface area contributed by atoms with Gasteiger partial charge in [-0.2, -0.15) is 0 Å². The Bertz CT molecular complexity index is 996. The SMILES string of the molecule is Cc1cc(Br)ccc1NC(=O)CN(C)C(C)C(=O)c1c[nH]c2ccccc12. The van der Waals surface area contributed by atoms with Gasteiger partial charge in [-0.05, 0) is 50.7 Å².